The highest BCUT2D eigenvalue weighted by molar-refractivity contribution is 6.00. The molecule has 1 aliphatic carbocycles. The summed E-state index contributed by atoms with van der Waals surface area (Å²) in [5.41, 5.74) is 7.65. The van der Waals surface area contributed by atoms with Gasteiger partial charge in [-0.2, -0.15) is 0 Å². The Kier molecular flexibility index (Phi) is 7.02. The normalized spacial score (nSPS) is 18.9. The summed E-state index contributed by atoms with van der Waals surface area (Å²) < 4.78 is 4.87. The van der Waals surface area contributed by atoms with Crippen LogP contribution in [0.25, 0.3) is 22.0 Å². The average Bonchev–Trinajstić information content (AvgIpc) is 2.92. The molecule has 8 nitrogen and oxygen atoms in total. The van der Waals surface area contributed by atoms with Crippen molar-refractivity contribution in [1.82, 2.24) is 15.1 Å². The maximum Gasteiger partial charge on any atom is 0.404 e. The first-order chi connectivity index (χ1) is 17.5. The minimum Gasteiger partial charge on any atom is -0.445 e. The fraction of sp³-hybridized carbons (Fsp3) is 0.429. The highest BCUT2D eigenvalue weighted by Gasteiger charge is 2.32. The Balaban J connectivity index is 1.37. The van der Waals surface area contributed by atoms with E-state index in [1.165, 1.54) is 19.3 Å². The van der Waals surface area contributed by atoms with Crippen molar-refractivity contribution < 1.29 is 14.3 Å². The number of nitrogens with two attached hydrogens (primary N) is 1. The first kappa shape index (κ1) is 24.0. The van der Waals surface area contributed by atoms with E-state index >= 15 is 0 Å². The van der Waals surface area contributed by atoms with E-state index in [2.05, 4.69) is 39.1 Å². The number of hydrogen-bond acceptors (Lipinski definition) is 6. The Morgan fingerprint density at radius 2 is 1.69 bits per heavy atom. The summed E-state index contributed by atoms with van der Waals surface area (Å²) >= 11 is 0. The van der Waals surface area contributed by atoms with Crippen LogP contribution in [0.1, 0.15) is 44.6 Å². The van der Waals surface area contributed by atoms with Crippen molar-refractivity contribution in [3.63, 3.8) is 0 Å². The fourth-order valence-electron chi connectivity index (χ4n) is 5.51. The zero-order valence-electron chi connectivity index (χ0n) is 20.7. The van der Waals surface area contributed by atoms with Gasteiger partial charge in [-0.15, -0.1) is 10.2 Å². The van der Waals surface area contributed by atoms with Crippen LogP contribution in [0.5, 0.6) is 0 Å². The second kappa shape index (κ2) is 10.5. The third-order valence-corrected chi connectivity index (χ3v) is 7.44. The van der Waals surface area contributed by atoms with Gasteiger partial charge in [0.05, 0.1) is 0 Å². The zero-order valence-corrected chi connectivity index (χ0v) is 20.7. The van der Waals surface area contributed by atoms with Gasteiger partial charge in [-0.1, -0.05) is 67.8 Å². The highest BCUT2D eigenvalue weighted by atomic mass is 16.5. The van der Waals surface area contributed by atoms with Crippen LogP contribution in [0.3, 0.4) is 0 Å². The van der Waals surface area contributed by atoms with Gasteiger partial charge in [-0.3, -0.25) is 4.79 Å². The predicted octanol–water partition coefficient (Wildman–Crippen LogP) is 4.51. The number of nitrogens with zero attached hydrogens (tertiary/aromatic N) is 4. The molecule has 2 N–H and O–H groups in total. The summed E-state index contributed by atoms with van der Waals surface area (Å²) in [4.78, 5) is 28.3. The highest BCUT2D eigenvalue weighted by Crippen LogP contribution is 2.33. The minimum absolute atomic E-state index is 0.133. The van der Waals surface area contributed by atoms with Gasteiger partial charge >= 0.3 is 6.09 Å². The van der Waals surface area contributed by atoms with Crippen molar-refractivity contribution in [1.29, 1.82) is 0 Å². The molecule has 1 aliphatic heterocycles. The molecular weight excluding hydrogens is 454 g/mol. The molecule has 2 aliphatic rings. The summed E-state index contributed by atoms with van der Waals surface area (Å²) in [6, 6.07) is 16.0. The van der Waals surface area contributed by atoms with Crippen molar-refractivity contribution in [2.75, 3.05) is 24.5 Å². The number of amides is 2. The molecule has 5 rings (SSSR count). The molecule has 0 bridgehead atoms. The van der Waals surface area contributed by atoms with Crippen LogP contribution in [-0.2, 0) is 16.1 Å². The molecule has 1 saturated carbocycles. The largest absolute Gasteiger partial charge is 0.445 e. The summed E-state index contributed by atoms with van der Waals surface area (Å²) in [6.45, 7) is 4.46. The van der Waals surface area contributed by atoms with Gasteiger partial charge in [-0.05, 0) is 25.3 Å². The van der Waals surface area contributed by atoms with E-state index in [1.54, 1.807) is 0 Å². The van der Waals surface area contributed by atoms with Crippen LogP contribution < -0.4 is 10.6 Å². The number of carbonyl (C=O) groups excluding carboxylic acids is 2. The van der Waals surface area contributed by atoms with Gasteiger partial charge in [0.1, 0.15) is 12.3 Å². The third kappa shape index (κ3) is 4.98. The van der Waals surface area contributed by atoms with Gasteiger partial charge in [0.25, 0.3) is 0 Å². The first-order valence-electron chi connectivity index (χ1n) is 12.8. The number of anilines is 1. The van der Waals surface area contributed by atoms with Crippen LogP contribution >= 0.6 is 0 Å². The number of aromatic nitrogens is 2. The molecular formula is C28H33N5O3. The lowest BCUT2D eigenvalue weighted by Crippen LogP contribution is -2.55. The van der Waals surface area contributed by atoms with Crippen LogP contribution in [0.2, 0.25) is 0 Å². The smallest absolute Gasteiger partial charge is 0.404 e. The Bertz CT molecular complexity index is 1240. The quantitative estimate of drug-likeness (QED) is 0.568. The molecule has 1 saturated heterocycles. The molecule has 36 heavy (non-hydrogen) atoms. The van der Waals surface area contributed by atoms with Crippen LogP contribution in [0.4, 0.5) is 10.6 Å². The number of primary amides is 1. The summed E-state index contributed by atoms with van der Waals surface area (Å²) in [5, 5.41) is 11.4. The summed E-state index contributed by atoms with van der Waals surface area (Å²) in [6.07, 6.45) is 4.87. The summed E-state index contributed by atoms with van der Waals surface area (Å²) in [5.74, 6) is 1.39. The fourth-order valence-corrected chi connectivity index (χ4v) is 5.51. The molecule has 2 aromatic carbocycles. The lowest BCUT2D eigenvalue weighted by atomic mass is 9.88. The van der Waals surface area contributed by atoms with Crippen molar-refractivity contribution >= 4 is 28.6 Å². The second-order valence-corrected chi connectivity index (χ2v) is 9.88. The number of hydrogen-bond donors (Lipinski definition) is 1. The standard InChI is InChI=1S/C28H33N5O3/c1-19-17-32(27(34)22-7-3-2-4-8-22)15-16-33(19)26-24-10-6-5-9-23(24)25(30-31-26)21-13-11-20(12-14-21)18-36-28(29)35/h5-6,9-14,19,22H,2-4,7-8,15-18H2,1H3,(H2,29,35). The molecule has 2 heterocycles. The molecule has 3 aromatic rings. The zero-order chi connectivity index (χ0) is 25.1. The lowest BCUT2D eigenvalue weighted by Gasteiger charge is -2.42. The Labute approximate surface area is 211 Å². The SMILES string of the molecule is CC1CN(C(=O)C2CCCCC2)CCN1c1nnc(-c2ccc(COC(N)=O)cc2)c2ccccc12. The topological polar surface area (TPSA) is 102 Å². The Hall–Kier alpha value is -3.68. The number of piperazine rings is 1. The van der Waals surface area contributed by atoms with Crippen LogP contribution in [-0.4, -0.2) is 52.8 Å². The molecule has 8 heteroatoms. The van der Waals surface area contributed by atoms with E-state index in [1.807, 2.05) is 36.4 Å². The van der Waals surface area contributed by atoms with E-state index in [0.717, 1.165) is 52.8 Å². The van der Waals surface area contributed by atoms with E-state index in [9.17, 15) is 9.59 Å². The maximum absolute atomic E-state index is 13.1. The predicted molar refractivity (Wildman–Crippen MR) is 139 cm³/mol. The van der Waals surface area contributed by atoms with Gasteiger partial charge in [0, 0.05) is 47.9 Å². The van der Waals surface area contributed by atoms with Crippen molar-refractivity contribution in [3.8, 4) is 11.3 Å². The van der Waals surface area contributed by atoms with Gasteiger partial charge in [0.2, 0.25) is 5.91 Å². The molecule has 1 aromatic heterocycles. The first-order valence-corrected chi connectivity index (χ1v) is 12.8. The van der Waals surface area contributed by atoms with E-state index in [0.29, 0.717) is 19.0 Å². The van der Waals surface area contributed by atoms with Crippen molar-refractivity contribution in [2.24, 2.45) is 11.7 Å². The van der Waals surface area contributed by atoms with E-state index < -0.39 is 6.09 Å². The monoisotopic (exact) mass is 487 g/mol. The molecule has 1 unspecified atom stereocenters. The molecule has 2 amide bonds. The van der Waals surface area contributed by atoms with Gasteiger partial charge in [-0.25, -0.2) is 4.79 Å². The number of carbonyl (C=O) groups is 2. The minimum atomic E-state index is -0.792. The van der Waals surface area contributed by atoms with E-state index in [4.69, 9.17) is 10.5 Å². The van der Waals surface area contributed by atoms with E-state index in [-0.39, 0.29) is 18.6 Å². The average molecular weight is 488 g/mol. The second-order valence-electron chi connectivity index (χ2n) is 9.88. The molecule has 0 radical (unpaired) electrons. The van der Waals surface area contributed by atoms with Gasteiger partial charge in [0.15, 0.2) is 5.82 Å². The van der Waals surface area contributed by atoms with Crippen LogP contribution in [0.15, 0.2) is 48.5 Å². The molecule has 2 fully saturated rings. The molecule has 1 atom stereocenters. The van der Waals surface area contributed by atoms with Crippen LogP contribution in [0, 0.1) is 5.92 Å². The maximum atomic E-state index is 13.1. The Morgan fingerprint density at radius 3 is 2.39 bits per heavy atom. The summed E-state index contributed by atoms with van der Waals surface area (Å²) in [7, 11) is 0. The lowest BCUT2D eigenvalue weighted by molar-refractivity contribution is -0.137. The van der Waals surface area contributed by atoms with Crippen molar-refractivity contribution in [2.45, 2.75) is 51.7 Å². The van der Waals surface area contributed by atoms with Crippen molar-refractivity contribution in [3.05, 3.63) is 54.1 Å². The number of ether oxygens (including phenoxy) is 1. The number of fused-ring (bicyclic) bond motifs is 1. The van der Waals surface area contributed by atoms with Gasteiger partial charge < -0.3 is 20.3 Å². The molecule has 0 spiro atoms. The Morgan fingerprint density at radius 1 is 0.972 bits per heavy atom. The molecule has 188 valence electrons. The third-order valence-electron chi connectivity index (χ3n) is 7.44. The number of benzene rings is 2. The number of rotatable bonds is 5.